The Morgan fingerprint density at radius 3 is 1.05 bits per heavy atom. The fourth-order valence-electron chi connectivity index (χ4n) is 3.06. The molecule has 0 unspecified atom stereocenters. The number of carboxylic acid groups (broad SMARTS) is 4. The minimum atomic E-state index is -1.49. The van der Waals surface area contributed by atoms with Crippen LogP contribution in [-0.4, -0.2) is 63.3 Å². The van der Waals surface area contributed by atoms with Gasteiger partial charge in [0.15, 0.2) is 0 Å². The summed E-state index contributed by atoms with van der Waals surface area (Å²) in [6.45, 7) is -2.96. The standard InChI is InChI=1S/C22H24N2O10.4Na/c25-19(26)11-23(12-20(27)28)15-5-1-3-7-17(15)33-9-10-34-18-8-4-2-6-16(18)24(13-21(29)30)14-22(31)32;;;;/h1-8H,9-14H2,(H,25,26)(H,27,28)(H,29,30)(H,31,32);;;;/q;4*+1/p-4. The molecule has 0 spiro atoms. The van der Waals surface area contributed by atoms with Crippen molar-refractivity contribution >= 4 is 35.3 Å². The summed E-state index contributed by atoms with van der Waals surface area (Å²) in [6, 6.07) is 12.3. The fourth-order valence-corrected chi connectivity index (χ4v) is 3.06. The van der Waals surface area contributed by atoms with Crippen LogP contribution in [0, 0.1) is 0 Å². The first kappa shape index (κ1) is 42.0. The number of carbonyl (C=O) groups is 4. The molecular weight excluding hydrogens is 544 g/mol. The van der Waals surface area contributed by atoms with E-state index in [2.05, 4.69) is 0 Å². The number of aliphatic carboxylic acids is 4. The second-order valence-electron chi connectivity index (χ2n) is 6.83. The molecule has 0 heterocycles. The largest absolute Gasteiger partial charge is 1.00 e. The third-order valence-electron chi connectivity index (χ3n) is 4.29. The maximum absolute atomic E-state index is 11.0. The SMILES string of the molecule is O=C([O-])CN(CC(=O)[O-])c1ccccc1OCCOc1ccccc1N(CC(=O)[O-])CC(=O)[O-].[Na+].[Na+].[Na+].[Na+]. The summed E-state index contributed by atoms with van der Waals surface area (Å²) in [4.78, 5) is 46.0. The molecule has 0 bridgehead atoms. The summed E-state index contributed by atoms with van der Waals surface area (Å²) >= 11 is 0. The Balaban J connectivity index is -0.00000306. The van der Waals surface area contributed by atoms with E-state index in [1.165, 1.54) is 24.3 Å². The summed E-state index contributed by atoms with van der Waals surface area (Å²) in [5.74, 6) is -5.61. The molecule has 0 fully saturated rings. The van der Waals surface area contributed by atoms with Gasteiger partial charge >= 0.3 is 118 Å². The predicted molar refractivity (Wildman–Crippen MR) is 108 cm³/mol. The average molecular weight is 564 g/mol. The first-order valence-corrected chi connectivity index (χ1v) is 9.90. The van der Waals surface area contributed by atoms with Crippen molar-refractivity contribution in [1.29, 1.82) is 0 Å². The molecule has 0 aliphatic rings. The Bertz CT molecular complexity index is 931. The summed E-state index contributed by atoms with van der Waals surface area (Å²) in [7, 11) is 0. The second kappa shape index (κ2) is 22.2. The van der Waals surface area contributed by atoms with Crippen molar-refractivity contribution in [3.8, 4) is 11.5 Å². The number of carbonyl (C=O) groups excluding carboxylic acids is 4. The van der Waals surface area contributed by atoms with E-state index in [1.807, 2.05) is 0 Å². The van der Waals surface area contributed by atoms with Crippen molar-refractivity contribution in [2.75, 3.05) is 49.2 Å². The molecule has 38 heavy (non-hydrogen) atoms. The van der Waals surface area contributed by atoms with Gasteiger partial charge in [0.25, 0.3) is 0 Å². The van der Waals surface area contributed by atoms with Crippen molar-refractivity contribution < 1.29 is 167 Å². The van der Waals surface area contributed by atoms with Gasteiger partial charge in [0.2, 0.25) is 0 Å². The Morgan fingerprint density at radius 2 is 0.789 bits per heavy atom. The molecule has 0 atom stereocenters. The van der Waals surface area contributed by atoms with Crippen LogP contribution < -0.4 is 158 Å². The van der Waals surface area contributed by atoms with E-state index < -0.39 is 50.1 Å². The van der Waals surface area contributed by atoms with Crippen molar-refractivity contribution in [2.24, 2.45) is 0 Å². The fraction of sp³-hybridized carbons (Fsp3) is 0.273. The van der Waals surface area contributed by atoms with Crippen LogP contribution >= 0.6 is 0 Å². The van der Waals surface area contributed by atoms with Crippen LogP contribution in [0.2, 0.25) is 0 Å². The van der Waals surface area contributed by atoms with Gasteiger partial charge in [-0.25, -0.2) is 0 Å². The first-order chi connectivity index (χ1) is 16.2. The van der Waals surface area contributed by atoms with E-state index in [4.69, 9.17) is 9.47 Å². The molecule has 2 aromatic carbocycles. The molecule has 0 amide bonds. The smallest absolute Gasteiger partial charge is 0.548 e. The van der Waals surface area contributed by atoms with E-state index >= 15 is 0 Å². The van der Waals surface area contributed by atoms with Crippen molar-refractivity contribution in [3.05, 3.63) is 48.5 Å². The normalized spacial score (nSPS) is 9.16. The molecule has 0 saturated carbocycles. The quantitative estimate of drug-likeness (QED) is 0.147. The Labute approximate surface area is 307 Å². The number of ether oxygens (including phenoxy) is 2. The van der Waals surface area contributed by atoms with E-state index in [0.717, 1.165) is 9.80 Å². The minimum Gasteiger partial charge on any atom is -0.548 e. The minimum absolute atomic E-state index is 0. The summed E-state index contributed by atoms with van der Waals surface area (Å²) < 4.78 is 11.2. The van der Waals surface area contributed by atoms with Gasteiger partial charge in [-0.2, -0.15) is 0 Å². The Kier molecular flexibility index (Phi) is 24.6. The van der Waals surface area contributed by atoms with Crippen LogP contribution in [0.5, 0.6) is 11.5 Å². The molecular formula is C22H20N2Na4O10. The van der Waals surface area contributed by atoms with Crippen molar-refractivity contribution in [1.82, 2.24) is 0 Å². The van der Waals surface area contributed by atoms with Crippen LogP contribution in [0.15, 0.2) is 48.5 Å². The van der Waals surface area contributed by atoms with Gasteiger partial charge in [0.05, 0.1) is 61.4 Å². The van der Waals surface area contributed by atoms with Gasteiger partial charge in [0.1, 0.15) is 24.7 Å². The van der Waals surface area contributed by atoms with Crippen molar-refractivity contribution in [3.63, 3.8) is 0 Å². The molecule has 0 saturated heterocycles. The third-order valence-corrected chi connectivity index (χ3v) is 4.29. The molecule has 0 aliphatic heterocycles. The summed E-state index contributed by atoms with van der Waals surface area (Å²) in [5, 5.41) is 44.0. The van der Waals surface area contributed by atoms with Crippen LogP contribution in [-0.2, 0) is 19.2 Å². The Morgan fingerprint density at radius 1 is 0.526 bits per heavy atom. The molecule has 2 rings (SSSR count). The monoisotopic (exact) mass is 564 g/mol. The second-order valence-corrected chi connectivity index (χ2v) is 6.83. The molecule has 16 heteroatoms. The number of carboxylic acids is 4. The maximum Gasteiger partial charge on any atom is 1.00 e. The van der Waals surface area contributed by atoms with Gasteiger partial charge in [-0.15, -0.1) is 0 Å². The number of para-hydroxylation sites is 4. The molecule has 12 nitrogen and oxygen atoms in total. The van der Waals surface area contributed by atoms with Gasteiger partial charge < -0.3 is 58.9 Å². The zero-order valence-electron chi connectivity index (χ0n) is 21.8. The molecule has 182 valence electrons. The van der Waals surface area contributed by atoms with E-state index in [1.54, 1.807) is 24.3 Å². The third kappa shape index (κ3) is 15.3. The Hall–Kier alpha value is -0.480. The molecule has 0 aliphatic carbocycles. The van der Waals surface area contributed by atoms with Gasteiger partial charge in [-0.05, 0) is 24.3 Å². The molecule has 2 aromatic rings. The number of rotatable bonds is 15. The van der Waals surface area contributed by atoms with E-state index in [0.29, 0.717) is 0 Å². The molecule has 0 N–H and O–H groups in total. The zero-order valence-corrected chi connectivity index (χ0v) is 29.8. The van der Waals surface area contributed by atoms with Gasteiger partial charge in [-0.3, -0.25) is 0 Å². The van der Waals surface area contributed by atoms with Gasteiger partial charge in [0, 0.05) is 0 Å². The summed E-state index contributed by atoms with van der Waals surface area (Å²) in [5.41, 5.74) is 0.371. The number of anilines is 2. The van der Waals surface area contributed by atoms with Crippen molar-refractivity contribution in [2.45, 2.75) is 0 Å². The average Bonchev–Trinajstić information content (AvgIpc) is 2.75. The van der Waals surface area contributed by atoms with Crippen LogP contribution in [0.1, 0.15) is 0 Å². The van der Waals surface area contributed by atoms with E-state index in [-0.39, 0.29) is 154 Å². The van der Waals surface area contributed by atoms with Gasteiger partial charge in [-0.1, -0.05) is 24.3 Å². The maximum atomic E-state index is 11.0. The predicted octanol–water partition coefficient (Wildman–Crippen LogP) is -16.2. The number of hydrogen-bond donors (Lipinski definition) is 0. The first-order valence-electron chi connectivity index (χ1n) is 9.90. The zero-order chi connectivity index (χ0) is 25.1. The van der Waals surface area contributed by atoms with Crippen LogP contribution in [0.3, 0.4) is 0 Å². The number of nitrogens with zero attached hydrogens (tertiary/aromatic N) is 2. The number of benzene rings is 2. The number of hydrogen-bond acceptors (Lipinski definition) is 12. The van der Waals surface area contributed by atoms with Crippen LogP contribution in [0.4, 0.5) is 11.4 Å². The molecule has 0 radical (unpaired) electrons. The van der Waals surface area contributed by atoms with E-state index in [9.17, 15) is 39.6 Å². The van der Waals surface area contributed by atoms with Crippen LogP contribution in [0.25, 0.3) is 0 Å². The summed E-state index contributed by atoms with van der Waals surface area (Å²) in [6.07, 6.45) is 0. The molecule has 0 aromatic heterocycles. The topological polar surface area (TPSA) is 185 Å².